The van der Waals surface area contributed by atoms with Crippen LogP contribution in [-0.4, -0.2) is 40.5 Å². The molecule has 0 fully saturated rings. The van der Waals surface area contributed by atoms with Crippen LogP contribution in [0.1, 0.15) is 37.1 Å². The van der Waals surface area contributed by atoms with E-state index in [1.165, 1.54) is 0 Å². The van der Waals surface area contributed by atoms with Gasteiger partial charge in [-0.05, 0) is 43.5 Å². The number of nitrogens with one attached hydrogen (secondary N) is 2. The van der Waals surface area contributed by atoms with Gasteiger partial charge in [0.2, 0.25) is 6.29 Å². The number of aliphatic hydroxyl groups excluding tert-OH is 1. The van der Waals surface area contributed by atoms with Gasteiger partial charge in [-0.1, -0.05) is 42.5 Å². The molecule has 0 spiro atoms. The maximum absolute atomic E-state index is 13.0. The molecule has 32 heavy (non-hydrogen) atoms. The largest absolute Gasteiger partial charge is 0.459 e. The molecule has 7 heteroatoms. The fourth-order valence-electron chi connectivity index (χ4n) is 4.16. The number of aliphatic hydroxyl groups is 1. The summed E-state index contributed by atoms with van der Waals surface area (Å²) < 4.78 is 11.9. The van der Waals surface area contributed by atoms with Gasteiger partial charge in [-0.15, -0.1) is 0 Å². The first kappa shape index (κ1) is 22.0. The van der Waals surface area contributed by atoms with Crippen LogP contribution in [0.25, 0.3) is 11.0 Å². The summed E-state index contributed by atoms with van der Waals surface area (Å²) in [5.74, 6) is 0.555. The Balaban J connectivity index is 1.55. The van der Waals surface area contributed by atoms with Crippen molar-refractivity contribution < 1.29 is 19.4 Å². The van der Waals surface area contributed by atoms with Crippen molar-refractivity contribution >= 4 is 16.9 Å². The summed E-state index contributed by atoms with van der Waals surface area (Å²) in [4.78, 5) is 20.7. The van der Waals surface area contributed by atoms with Gasteiger partial charge in [0.15, 0.2) is 5.76 Å². The minimum Gasteiger partial charge on any atom is -0.459 e. The lowest BCUT2D eigenvalue weighted by atomic mass is 9.80. The Morgan fingerprint density at radius 3 is 2.72 bits per heavy atom. The van der Waals surface area contributed by atoms with E-state index in [4.69, 9.17) is 9.47 Å². The van der Waals surface area contributed by atoms with E-state index in [1.54, 1.807) is 0 Å². The van der Waals surface area contributed by atoms with Crippen molar-refractivity contribution in [1.82, 2.24) is 15.3 Å². The number of amides is 1. The highest BCUT2D eigenvalue weighted by Crippen LogP contribution is 2.39. The average Bonchev–Trinajstić information content (AvgIpc) is 3.25. The Kier molecular flexibility index (Phi) is 7.19. The number of allylic oxidation sites excluding steroid dienone is 1. The molecule has 3 N–H and O–H groups in total. The maximum atomic E-state index is 13.0. The number of rotatable bonds is 9. The normalized spacial score (nSPS) is 20.6. The van der Waals surface area contributed by atoms with Crippen LogP contribution in [0, 0.1) is 5.92 Å². The number of carbonyl (C=O) groups is 1. The van der Waals surface area contributed by atoms with Gasteiger partial charge in [0, 0.05) is 25.0 Å². The third-order valence-electron chi connectivity index (χ3n) is 5.67. The van der Waals surface area contributed by atoms with Gasteiger partial charge in [-0.2, -0.15) is 0 Å². The minimum absolute atomic E-state index is 0.00331. The molecular formula is C25H29N3O4. The highest BCUT2D eigenvalue weighted by molar-refractivity contribution is 5.91. The van der Waals surface area contributed by atoms with E-state index in [0.717, 1.165) is 23.0 Å². The molecule has 0 radical (unpaired) electrons. The molecule has 1 aromatic heterocycles. The lowest BCUT2D eigenvalue weighted by Gasteiger charge is -2.37. The van der Waals surface area contributed by atoms with Crippen molar-refractivity contribution in [3.63, 3.8) is 0 Å². The molecule has 7 nitrogen and oxygen atoms in total. The van der Waals surface area contributed by atoms with Gasteiger partial charge in [-0.3, -0.25) is 4.79 Å². The second kappa shape index (κ2) is 10.4. The number of para-hydroxylation sites is 2. The predicted octanol–water partition coefficient (Wildman–Crippen LogP) is 3.63. The van der Waals surface area contributed by atoms with Crippen molar-refractivity contribution in [2.45, 2.75) is 38.5 Å². The van der Waals surface area contributed by atoms with E-state index in [9.17, 15) is 9.90 Å². The Labute approximate surface area is 187 Å². The molecule has 1 amide bonds. The average molecular weight is 436 g/mol. The molecule has 4 rings (SSSR count). The van der Waals surface area contributed by atoms with Crippen LogP contribution >= 0.6 is 0 Å². The summed E-state index contributed by atoms with van der Waals surface area (Å²) in [6.07, 6.45) is 2.68. The van der Waals surface area contributed by atoms with E-state index in [-0.39, 0.29) is 36.7 Å². The maximum Gasteiger partial charge on any atom is 0.286 e. The van der Waals surface area contributed by atoms with Gasteiger partial charge < -0.3 is 24.9 Å². The zero-order chi connectivity index (χ0) is 22.3. The molecule has 168 valence electrons. The Morgan fingerprint density at radius 2 is 1.97 bits per heavy atom. The first-order chi connectivity index (χ1) is 15.7. The van der Waals surface area contributed by atoms with Crippen LogP contribution in [0.4, 0.5) is 0 Å². The molecule has 3 aromatic rings. The summed E-state index contributed by atoms with van der Waals surface area (Å²) in [5.41, 5.74) is 2.88. The number of benzene rings is 2. The number of hydrogen-bond donors (Lipinski definition) is 3. The number of imidazole rings is 1. The molecule has 0 saturated carbocycles. The number of ether oxygens (including phenoxy) is 2. The fourth-order valence-corrected chi connectivity index (χ4v) is 4.16. The zero-order valence-electron chi connectivity index (χ0n) is 18.2. The second-order valence-corrected chi connectivity index (χ2v) is 7.82. The number of carbonyl (C=O) groups excluding carboxylic acids is 1. The van der Waals surface area contributed by atoms with E-state index in [2.05, 4.69) is 15.3 Å². The van der Waals surface area contributed by atoms with Crippen molar-refractivity contribution in [3.05, 3.63) is 77.8 Å². The topological polar surface area (TPSA) is 96.5 Å². The van der Waals surface area contributed by atoms with Gasteiger partial charge in [0.1, 0.15) is 5.82 Å². The van der Waals surface area contributed by atoms with Crippen LogP contribution < -0.4 is 5.32 Å². The summed E-state index contributed by atoms with van der Waals surface area (Å²) in [6.45, 7) is 2.74. The van der Waals surface area contributed by atoms with E-state index < -0.39 is 6.29 Å². The molecule has 0 aliphatic carbocycles. The summed E-state index contributed by atoms with van der Waals surface area (Å²) >= 11 is 0. The van der Waals surface area contributed by atoms with Gasteiger partial charge in [0.25, 0.3) is 5.91 Å². The molecule has 2 aromatic carbocycles. The van der Waals surface area contributed by atoms with Crippen LogP contribution in [-0.2, 0) is 20.8 Å². The smallest absolute Gasteiger partial charge is 0.286 e. The van der Waals surface area contributed by atoms with Crippen LogP contribution in [0.3, 0.4) is 0 Å². The molecule has 1 aliphatic heterocycles. The first-order valence-corrected chi connectivity index (χ1v) is 11.1. The second-order valence-electron chi connectivity index (χ2n) is 7.82. The molecule has 0 unspecified atom stereocenters. The number of aromatic amines is 1. The van der Waals surface area contributed by atoms with Crippen LogP contribution in [0.2, 0.25) is 0 Å². The molecular weight excluding hydrogens is 406 g/mol. The highest BCUT2D eigenvalue weighted by Gasteiger charge is 2.37. The first-order valence-electron chi connectivity index (χ1n) is 11.1. The van der Waals surface area contributed by atoms with E-state index in [0.29, 0.717) is 18.9 Å². The fraction of sp³-hybridized carbons (Fsp3) is 0.360. The van der Waals surface area contributed by atoms with Gasteiger partial charge in [-0.25, -0.2) is 4.98 Å². The Hall–Kier alpha value is -3.16. The lowest BCUT2D eigenvalue weighted by Crippen LogP contribution is -2.39. The number of hydrogen-bond acceptors (Lipinski definition) is 5. The molecule has 1 aliphatic rings. The number of H-pyrrole nitrogens is 1. The van der Waals surface area contributed by atoms with Crippen LogP contribution in [0.5, 0.6) is 0 Å². The summed E-state index contributed by atoms with van der Waals surface area (Å²) in [5, 5.41) is 12.3. The van der Waals surface area contributed by atoms with Crippen molar-refractivity contribution in [2.24, 2.45) is 5.92 Å². The number of nitrogens with zero attached hydrogens (tertiary/aromatic N) is 1. The quantitative estimate of drug-likeness (QED) is 0.477. The molecule has 0 saturated heterocycles. The third kappa shape index (κ3) is 5.00. The molecule has 0 bridgehead atoms. The standard InChI is InChI=1S/C25H29N3O4/c1-2-31-25-18(11-8-14-29)19(17-9-4-3-5-10-17)15-22(32-25)24(30)26-16-23-27-20-12-6-7-13-21(20)28-23/h3-7,9-10,12-13,15,18-19,25,29H,2,8,11,14,16H2,1H3,(H,26,30)(H,27,28)/t18-,19-,25-/m0/s1. The van der Waals surface area contributed by atoms with E-state index in [1.807, 2.05) is 67.6 Å². The van der Waals surface area contributed by atoms with Crippen molar-refractivity contribution in [3.8, 4) is 0 Å². The monoisotopic (exact) mass is 435 g/mol. The zero-order valence-corrected chi connectivity index (χ0v) is 18.2. The van der Waals surface area contributed by atoms with Crippen LogP contribution in [0.15, 0.2) is 66.4 Å². The van der Waals surface area contributed by atoms with Crippen molar-refractivity contribution in [2.75, 3.05) is 13.2 Å². The highest BCUT2D eigenvalue weighted by atomic mass is 16.7. The van der Waals surface area contributed by atoms with Gasteiger partial charge in [0.05, 0.1) is 17.6 Å². The number of fused-ring (bicyclic) bond motifs is 1. The predicted molar refractivity (Wildman–Crippen MR) is 122 cm³/mol. The van der Waals surface area contributed by atoms with E-state index >= 15 is 0 Å². The molecule has 3 atom stereocenters. The van der Waals surface area contributed by atoms with Gasteiger partial charge >= 0.3 is 0 Å². The number of aromatic nitrogens is 2. The SMILES string of the molecule is CCO[C@H]1OC(C(=O)NCc2nc3ccccc3[nH]2)=C[C@@H](c2ccccc2)[C@@H]1CCCO. The Bertz CT molecular complexity index is 1030. The summed E-state index contributed by atoms with van der Waals surface area (Å²) in [7, 11) is 0. The lowest BCUT2D eigenvalue weighted by molar-refractivity contribution is -0.166. The van der Waals surface area contributed by atoms with Crippen molar-refractivity contribution in [1.29, 1.82) is 0 Å². The Morgan fingerprint density at radius 1 is 1.19 bits per heavy atom. The third-order valence-corrected chi connectivity index (χ3v) is 5.67. The minimum atomic E-state index is -0.561. The summed E-state index contributed by atoms with van der Waals surface area (Å²) in [6, 6.07) is 17.8. The molecule has 2 heterocycles.